The SMILES string of the molecule is CNC(=O)/C(=C(\C)O)c1c(C)cc(OCC(F)(F)F)cc1C. The van der Waals surface area contributed by atoms with Crippen LogP contribution < -0.4 is 10.1 Å². The van der Waals surface area contributed by atoms with Crippen LogP contribution in [0.4, 0.5) is 13.2 Å². The molecule has 0 radical (unpaired) electrons. The van der Waals surface area contributed by atoms with Crippen molar-refractivity contribution < 1.29 is 27.8 Å². The molecule has 122 valence electrons. The number of likely N-dealkylation sites (N-methyl/N-ethyl adjacent to an activating group) is 1. The lowest BCUT2D eigenvalue weighted by atomic mass is 9.94. The van der Waals surface area contributed by atoms with Gasteiger partial charge in [-0.25, -0.2) is 0 Å². The van der Waals surface area contributed by atoms with Crippen LogP contribution in [0.3, 0.4) is 0 Å². The number of aliphatic hydroxyl groups excluding tert-OH is 1. The molecule has 0 bridgehead atoms. The number of rotatable bonds is 4. The van der Waals surface area contributed by atoms with Gasteiger partial charge in [-0.1, -0.05) is 0 Å². The first-order valence-corrected chi connectivity index (χ1v) is 6.50. The lowest BCUT2D eigenvalue weighted by Crippen LogP contribution is -2.22. The Labute approximate surface area is 126 Å². The molecule has 0 heterocycles. The maximum absolute atomic E-state index is 12.2. The number of carbonyl (C=O) groups is 1. The number of aryl methyl sites for hydroxylation is 2. The molecule has 1 aromatic rings. The fraction of sp³-hybridized carbons (Fsp3) is 0.400. The Morgan fingerprint density at radius 1 is 1.27 bits per heavy atom. The number of allylic oxidation sites excluding steroid dienone is 1. The molecule has 0 unspecified atom stereocenters. The molecule has 22 heavy (non-hydrogen) atoms. The smallest absolute Gasteiger partial charge is 0.422 e. The number of nitrogens with one attached hydrogen (secondary N) is 1. The summed E-state index contributed by atoms with van der Waals surface area (Å²) >= 11 is 0. The molecule has 2 N–H and O–H groups in total. The third-order valence-electron chi connectivity index (χ3n) is 2.97. The molecule has 1 rings (SSSR count). The zero-order chi connectivity index (χ0) is 17.1. The number of carbonyl (C=O) groups excluding carboxylic acids is 1. The first-order valence-electron chi connectivity index (χ1n) is 6.50. The molecule has 1 aromatic carbocycles. The Morgan fingerprint density at radius 2 is 1.77 bits per heavy atom. The zero-order valence-corrected chi connectivity index (χ0v) is 12.8. The monoisotopic (exact) mass is 317 g/mol. The van der Waals surface area contributed by atoms with Crippen LogP contribution in [0, 0.1) is 13.8 Å². The largest absolute Gasteiger partial charge is 0.512 e. The van der Waals surface area contributed by atoms with Gasteiger partial charge in [0.15, 0.2) is 6.61 Å². The number of ether oxygens (including phenoxy) is 1. The number of hydrogen-bond acceptors (Lipinski definition) is 3. The molecule has 0 aliphatic carbocycles. The van der Waals surface area contributed by atoms with E-state index in [-0.39, 0.29) is 17.1 Å². The Morgan fingerprint density at radius 3 is 2.14 bits per heavy atom. The topological polar surface area (TPSA) is 58.6 Å². The van der Waals surface area contributed by atoms with Gasteiger partial charge in [0.05, 0.1) is 5.57 Å². The molecule has 0 saturated carbocycles. The predicted molar refractivity (Wildman–Crippen MR) is 76.8 cm³/mol. The summed E-state index contributed by atoms with van der Waals surface area (Å²) in [6.07, 6.45) is -4.42. The Kier molecular flexibility index (Phi) is 5.46. The van der Waals surface area contributed by atoms with Gasteiger partial charge in [0.25, 0.3) is 5.91 Å². The normalized spacial score (nSPS) is 12.7. The number of amides is 1. The minimum atomic E-state index is -4.42. The number of alkyl halides is 3. The number of benzene rings is 1. The number of aliphatic hydroxyl groups is 1. The van der Waals surface area contributed by atoms with Crippen molar-refractivity contribution in [1.82, 2.24) is 5.32 Å². The van der Waals surface area contributed by atoms with E-state index in [0.29, 0.717) is 16.7 Å². The first-order chi connectivity index (χ1) is 10.1. The van der Waals surface area contributed by atoms with Crippen LogP contribution in [-0.4, -0.2) is 30.8 Å². The molecule has 0 aliphatic heterocycles. The first kappa shape index (κ1) is 17.9. The van der Waals surface area contributed by atoms with Crippen molar-refractivity contribution in [3.8, 4) is 5.75 Å². The minimum Gasteiger partial charge on any atom is -0.512 e. The van der Waals surface area contributed by atoms with Crippen LogP contribution in [0.2, 0.25) is 0 Å². The van der Waals surface area contributed by atoms with Crippen molar-refractivity contribution in [2.75, 3.05) is 13.7 Å². The molecule has 1 amide bonds. The molecule has 0 atom stereocenters. The van der Waals surface area contributed by atoms with Crippen molar-refractivity contribution in [2.45, 2.75) is 26.9 Å². The van der Waals surface area contributed by atoms with Gasteiger partial charge in [-0.2, -0.15) is 13.2 Å². The second kappa shape index (κ2) is 6.72. The molecule has 0 aliphatic rings. The summed E-state index contributed by atoms with van der Waals surface area (Å²) < 4.78 is 41.3. The van der Waals surface area contributed by atoms with Crippen LogP contribution in [0.5, 0.6) is 5.75 Å². The predicted octanol–water partition coefficient (Wildman–Crippen LogP) is 3.28. The van der Waals surface area contributed by atoms with Crippen LogP contribution in [0.25, 0.3) is 5.57 Å². The van der Waals surface area contributed by atoms with E-state index in [1.54, 1.807) is 13.8 Å². The molecule has 0 fully saturated rings. The maximum atomic E-state index is 12.2. The Hall–Kier alpha value is -2.18. The van der Waals surface area contributed by atoms with Crippen LogP contribution >= 0.6 is 0 Å². The average molecular weight is 317 g/mol. The van der Waals surface area contributed by atoms with Crippen molar-refractivity contribution in [2.24, 2.45) is 0 Å². The summed E-state index contributed by atoms with van der Waals surface area (Å²) in [6.45, 7) is 3.25. The van der Waals surface area contributed by atoms with Crippen molar-refractivity contribution in [1.29, 1.82) is 0 Å². The standard InChI is InChI=1S/C15H18F3NO3/c1-8-5-11(22-7-15(16,17)18)6-9(2)12(8)13(10(3)20)14(21)19-4/h5-6,20H,7H2,1-4H3,(H,19,21)/b13-10+. The van der Waals surface area contributed by atoms with Gasteiger partial charge >= 0.3 is 6.18 Å². The van der Waals surface area contributed by atoms with E-state index in [2.05, 4.69) is 5.32 Å². The highest BCUT2D eigenvalue weighted by molar-refractivity contribution is 6.20. The lowest BCUT2D eigenvalue weighted by Gasteiger charge is -2.16. The quantitative estimate of drug-likeness (QED) is 0.662. The van der Waals surface area contributed by atoms with Crippen LogP contribution in [-0.2, 0) is 4.79 Å². The van der Waals surface area contributed by atoms with Gasteiger partial charge in [0, 0.05) is 7.05 Å². The highest BCUT2D eigenvalue weighted by Crippen LogP contribution is 2.30. The third-order valence-corrected chi connectivity index (χ3v) is 2.97. The fourth-order valence-electron chi connectivity index (χ4n) is 2.15. The van der Waals surface area contributed by atoms with E-state index in [4.69, 9.17) is 4.74 Å². The van der Waals surface area contributed by atoms with E-state index in [1.807, 2.05) is 0 Å². The van der Waals surface area contributed by atoms with Gasteiger partial charge in [0.1, 0.15) is 11.5 Å². The lowest BCUT2D eigenvalue weighted by molar-refractivity contribution is -0.153. The van der Waals surface area contributed by atoms with E-state index in [1.165, 1.54) is 26.1 Å². The average Bonchev–Trinajstić information content (AvgIpc) is 2.38. The van der Waals surface area contributed by atoms with Crippen molar-refractivity contribution in [3.63, 3.8) is 0 Å². The zero-order valence-electron chi connectivity index (χ0n) is 12.8. The third kappa shape index (κ3) is 4.41. The van der Waals surface area contributed by atoms with Crippen LogP contribution in [0.1, 0.15) is 23.6 Å². The van der Waals surface area contributed by atoms with Gasteiger partial charge < -0.3 is 15.2 Å². The van der Waals surface area contributed by atoms with Gasteiger partial charge in [0.2, 0.25) is 0 Å². The van der Waals surface area contributed by atoms with Gasteiger partial charge in [-0.15, -0.1) is 0 Å². The van der Waals surface area contributed by atoms with Gasteiger partial charge in [-0.3, -0.25) is 4.79 Å². The summed E-state index contributed by atoms with van der Waals surface area (Å²) in [6, 6.07) is 2.81. The van der Waals surface area contributed by atoms with E-state index in [0.717, 1.165) is 0 Å². The maximum Gasteiger partial charge on any atom is 0.422 e. The van der Waals surface area contributed by atoms with E-state index >= 15 is 0 Å². The summed E-state index contributed by atoms with van der Waals surface area (Å²) in [4.78, 5) is 11.9. The van der Waals surface area contributed by atoms with Crippen LogP contribution in [0.15, 0.2) is 17.9 Å². The highest BCUT2D eigenvalue weighted by Gasteiger charge is 2.28. The second-order valence-electron chi connectivity index (χ2n) is 4.88. The Balaban J connectivity index is 3.25. The minimum absolute atomic E-state index is 0.0583. The molecule has 0 spiro atoms. The molecule has 0 saturated heterocycles. The van der Waals surface area contributed by atoms with Crippen molar-refractivity contribution >= 4 is 11.5 Å². The Bertz CT molecular complexity index is 580. The van der Waals surface area contributed by atoms with E-state index < -0.39 is 18.7 Å². The molecular weight excluding hydrogens is 299 g/mol. The highest BCUT2D eigenvalue weighted by atomic mass is 19.4. The molecular formula is C15H18F3NO3. The fourth-order valence-corrected chi connectivity index (χ4v) is 2.15. The summed E-state index contributed by atoms with van der Waals surface area (Å²) in [7, 11) is 1.43. The summed E-state index contributed by atoms with van der Waals surface area (Å²) in [5.41, 5.74) is 1.62. The summed E-state index contributed by atoms with van der Waals surface area (Å²) in [5, 5.41) is 12.2. The van der Waals surface area contributed by atoms with Gasteiger partial charge in [-0.05, 0) is 49.6 Å². The van der Waals surface area contributed by atoms with Crippen molar-refractivity contribution in [3.05, 3.63) is 34.6 Å². The number of halogens is 3. The second-order valence-corrected chi connectivity index (χ2v) is 4.88. The molecule has 7 heteroatoms. The molecule has 4 nitrogen and oxygen atoms in total. The summed E-state index contributed by atoms with van der Waals surface area (Å²) in [5.74, 6) is -0.590. The molecule has 0 aromatic heterocycles. The number of hydrogen-bond donors (Lipinski definition) is 2. The van der Waals surface area contributed by atoms with E-state index in [9.17, 15) is 23.1 Å².